The smallest absolute Gasteiger partial charge is 0.187 e. The molecule has 0 aromatic carbocycles. The van der Waals surface area contributed by atoms with Gasteiger partial charge in [0.15, 0.2) is 43.5 Å². The fourth-order valence-electron chi connectivity index (χ4n) is 18.0. The minimum absolute atomic E-state index is 0.0183. The number of fused-ring (bicyclic) bond motifs is 7. The van der Waals surface area contributed by atoms with Gasteiger partial charge in [0.2, 0.25) is 0 Å². The van der Waals surface area contributed by atoms with Gasteiger partial charge in [-0.15, -0.1) is 0 Å². The second-order valence-corrected chi connectivity index (χ2v) is 29.3. The molecule has 33 nitrogen and oxygen atoms in total. The molecule has 11 rings (SSSR count). The molecule has 0 radical (unpaired) electrons. The molecule has 11 aliphatic rings. The number of hydrogen-bond donors (Lipinski definition) is 19. The Labute approximate surface area is 548 Å². The molecule has 7 unspecified atom stereocenters. The first-order chi connectivity index (χ1) is 44.9. The topological polar surface area (TPSA) is 521 Å². The fraction of sp³-hybridized carbons (Fsp3) is 0.984. The SMILES string of the molecule is CC(CC[C@@]1(O)OC2CC3C4CCC5C[C@@H](O[C@H]6O[C@H](CO)[C@H](O[C@H]7O[C@H](CO)[C@@H](O[C@@H]8O[C@H](CO)[C@@H](O)[C@H](O)[C@H]8O[C@H]8OC[C@H](O)[C@@H](O[C@H]9O[C@@H](C)[C@H](O)[C@@H](O)[C@H]9O)[C@@H]8O)[C@H](O)[C@H]7O)[C@H](O)[C@H]6O)CC[C@]5(C)C4CC(=O)[C@]3(C)C2[C@@H]1C)CO[C@@H]1O[C@@H](CO)[C@H](O)[C@@H](O)[C@@H]1O. The van der Waals surface area contributed by atoms with Gasteiger partial charge in [0.05, 0.1) is 58.0 Å². The summed E-state index contributed by atoms with van der Waals surface area (Å²) in [5.41, 5.74) is -1.00. The Balaban J connectivity index is 0.675. The van der Waals surface area contributed by atoms with Crippen molar-refractivity contribution in [1.82, 2.24) is 0 Å². The van der Waals surface area contributed by atoms with Crippen LogP contribution in [-0.2, 0) is 66.4 Å². The summed E-state index contributed by atoms with van der Waals surface area (Å²) in [6, 6.07) is 0. The van der Waals surface area contributed by atoms with Crippen LogP contribution in [0.1, 0.15) is 92.4 Å². The number of rotatable bonds is 20. The van der Waals surface area contributed by atoms with Crippen molar-refractivity contribution < 1.29 is 163 Å². The maximum absolute atomic E-state index is 14.9. The first-order valence-electron chi connectivity index (χ1n) is 33.6. The van der Waals surface area contributed by atoms with Crippen LogP contribution in [0.5, 0.6) is 0 Å². The van der Waals surface area contributed by atoms with Gasteiger partial charge in [-0.1, -0.05) is 27.7 Å². The molecule has 0 bridgehead atoms. The lowest BCUT2D eigenvalue weighted by atomic mass is 9.44. The van der Waals surface area contributed by atoms with Gasteiger partial charge in [0.1, 0.15) is 140 Å². The van der Waals surface area contributed by atoms with Crippen LogP contribution in [0.25, 0.3) is 0 Å². The van der Waals surface area contributed by atoms with Crippen LogP contribution in [0.4, 0.5) is 0 Å². The summed E-state index contributed by atoms with van der Waals surface area (Å²) in [7, 11) is 0. The average molecular weight is 1380 g/mol. The number of ether oxygens (including phenoxy) is 13. The van der Waals surface area contributed by atoms with Crippen molar-refractivity contribution in [3.8, 4) is 0 Å². The Kier molecular flexibility index (Phi) is 23.3. The van der Waals surface area contributed by atoms with Crippen LogP contribution < -0.4 is 0 Å². The molecule has 11 fully saturated rings. The number of aliphatic hydroxyl groups excluding tert-OH is 18. The zero-order valence-electron chi connectivity index (χ0n) is 53.8. The number of carbonyl (C=O) groups is 1. The van der Waals surface area contributed by atoms with Gasteiger partial charge in [-0.25, -0.2) is 0 Å². The molecule has 33 heteroatoms. The van der Waals surface area contributed by atoms with Crippen molar-refractivity contribution in [2.75, 3.05) is 39.6 Å². The van der Waals surface area contributed by atoms with E-state index in [1.165, 1.54) is 6.92 Å². The van der Waals surface area contributed by atoms with Crippen molar-refractivity contribution in [2.45, 2.75) is 289 Å². The zero-order chi connectivity index (χ0) is 68.8. The van der Waals surface area contributed by atoms with Crippen LogP contribution in [0.2, 0.25) is 0 Å². The van der Waals surface area contributed by atoms with Gasteiger partial charge in [0.25, 0.3) is 0 Å². The van der Waals surface area contributed by atoms with Crippen molar-refractivity contribution in [3.63, 3.8) is 0 Å². The maximum Gasteiger partial charge on any atom is 0.187 e. The third kappa shape index (κ3) is 13.7. The molecule has 7 aliphatic heterocycles. The molecule has 41 atom stereocenters. The highest BCUT2D eigenvalue weighted by atomic mass is 16.8. The molecule has 0 aromatic heterocycles. The fourth-order valence-corrected chi connectivity index (χ4v) is 18.0. The summed E-state index contributed by atoms with van der Waals surface area (Å²) in [4.78, 5) is 14.9. The summed E-state index contributed by atoms with van der Waals surface area (Å²) in [5, 5.41) is 206. The van der Waals surface area contributed by atoms with Crippen LogP contribution in [0.15, 0.2) is 0 Å². The first kappa shape index (κ1) is 74.6. The van der Waals surface area contributed by atoms with E-state index >= 15 is 0 Å². The second-order valence-electron chi connectivity index (χ2n) is 29.3. The van der Waals surface area contributed by atoms with Crippen molar-refractivity contribution >= 4 is 5.78 Å². The Morgan fingerprint density at radius 2 is 1.04 bits per heavy atom. The monoisotopic (exact) mass is 1370 g/mol. The number of aliphatic hydroxyl groups is 19. The molecular formula is C62H102O33. The third-order valence-electron chi connectivity index (χ3n) is 23.8. The summed E-state index contributed by atoms with van der Waals surface area (Å²) >= 11 is 0. The Morgan fingerprint density at radius 1 is 0.526 bits per heavy atom. The highest BCUT2D eigenvalue weighted by Gasteiger charge is 2.71. The molecular weight excluding hydrogens is 1270 g/mol. The predicted octanol–water partition coefficient (Wildman–Crippen LogP) is -7.46. The number of carbonyl (C=O) groups excluding carboxylic acids is 1. The molecule has 4 aliphatic carbocycles. The highest BCUT2D eigenvalue weighted by Crippen LogP contribution is 2.70. The van der Waals surface area contributed by atoms with Crippen LogP contribution >= 0.6 is 0 Å². The maximum atomic E-state index is 14.9. The number of Topliss-reactive ketones (excluding diaryl/α,β-unsaturated/α-hetero) is 1. The molecule has 7 saturated heterocycles. The van der Waals surface area contributed by atoms with Gasteiger partial charge in [-0.3, -0.25) is 4.79 Å². The lowest BCUT2D eigenvalue weighted by molar-refractivity contribution is -0.396. The Hall–Kier alpha value is -1.61. The lowest BCUT2D eigenvalue weighted by Crippen LogP contribution is -2.67. The molecule has 0 spiro atoms. The van der Waals surface area contributed by atoms with Crippen molar-refractivity contribution in [3.05, 3.63) is 0 Å². The number of hydrogen-bond acceptors (Lipinski definition) is 33. The first-order valence-corrected chi connectivity index (χ1v) is 33.6. The van der Waals surface area contributed by atoms with Gasteiger partial charge >= 0.3 is 0 Å². The van der Waals surface area contributed by atoms with Crippen molar-refractivity contribution in [2.24, 2.45) is 52.3 Å². The minimum Gasteiger partial charge on any atom is -0.394 e. The summed E-state index contributed by atoms with van der Waals surface area (Å²) in [5.74, 6) is -1.76. The van der Waals surface area contributed by atoms with Gasteiger partial charge in [0, 0.05) is 30.1 Å². The zero-order valence-corrected chi connectivity index (χ0v) is 53.8. The van der Waals surface area contributed by atoms with Crippen LogP contribution in [0.3, 0.4) is 0 Å². The predicted molar refractivity (Wildman–Crippen MR) is 310 cm³/mol. The van der Waals surface area contributed by atoms with E-state index in [-0.39, 0.29) is 71.8 Å². The summed E-state index contributed by atoms with van der Waals surface area (Å²) in [6.45, 7) is 5.70. The molecule has 0 aromatic rings. The normalized spacial score (nSPS) is 55.3. The molecule has 7 heterocycles. The highest BCUT2D eigenvalue weighted by molar-refractivity contribution is 5.87. The van der Waals surface area contributed by atoms with E-state index < -0.39 is 228 Å². The standard InChI is InChI=1S/C62H102O33/c1-21(19-83-54-45(77)41(73)38(70)31(15-63)87-54)8-11-62(82)22(2)36-30(95-62)13-28-26-7-6-24-12-25(9-10-60(24,4)27(26)14-35(68)61(28,36)5)86-57-47(79)43(75)51(33(17-65)89-57)92-58-48(80)44(76)52(34(18-66)90-58)93-59-53(42(74)39(71)32(16-64)88-59)94-55-49(81)50(29(67)20-84-55)91-56-46(78)40(72)37(69)23(3)85-56/h21-34,36-59,63-67,69-82H,6-20H2,1-5H3/t21?,22-,23-,24?,25-,26?,27?,28?,29-,30?,31-,32+,33+,34+,36?,37-,38-,39+,40+,41+,42-,43+,44+,45-,46+,47+,48+,49-,50+,51-,52+,53+,54+,55+,56+,57-,58+,59-,60-,61+,62+/m0/s1. The van der Waals surface area contributed by atoms with E-state index in [0.717, 1.165) is 12.8 Å². The third-order valence-corrected chi connectivity index (χ3v) is 23.8. The molecule has 95 heavy (non-hydrogen) atoms. The average Bonchev–Trinajstić information content (AvgIpc) is 1.57. The lowest BCUT2D eigenvalue weighted by Gasteiger charge is -2.60. The van der Waals surface area contributed by atoms with E-state index in [0.29, 0.717) is 38.5 Å². The summed E-state index contributed by atoms with van der Waals surface area (Å²) < 4.78 is 76.5. The largest absolute Gasteiger partial charge is 0.394 e. The summed E-state index contributed by atoms with van der Waals surface area (Å²) in [6.07, 6.45) is -45.1. The van der Waals surface area contributed by atoms with E-state index in [2.05, 4.69) is 13.8 Å². The van der Waals surface area contributed by atoms with E-state index in [1.54, 1.807) is 0 Å². The molecule has 0 amide bonds. The second kappa shape index (κ2) is 29.6. The van der Waals surface area contributed by atoms with Crippen LogP contribution in [0, 0.1) is 52.3 Å². The Morgan fingerprint density at radius 3 is 1.67 bits per heavy atom. The number of ketones is 1. The van der Waals surface area contributed by atoms with Crippen LogP contribution in [-0.4, -0.2) is 339 Å². The van der Waals surface area contributed by atoms with Gasteiger partial charge in [-0.2, -0.15) is 0 Å². The van der Waals surface area contributed by atoms with E-state index in [4.69, 9.17) is 61.6 Å². The van der Waals surface area contributed by atoms with Crippen molar-refractivity contribution in [1.29, 1.82) is 0 Å². The molecule has 19 N–H and O–H groups in total. The van der Waals surface area contributed by atoms with E-state index in [9.17, 15) is 102 Å². The quantitative estimate of drug-likeness (QED) is 0.0504. The van der Waals surface area contributed by atoms with Gasteiger partial charge < -0.3 is 159 Å². The van der Waals surface area contributed by atoms with E-state index in [1.807, 2.05) is 13.8 Å². The molecule has 548 valence electrons. The Bertz CT molecular complexity index is 2530. The minimum atomic E-state index is -2.11. The molecule has 4 saturated carbocycles. The van der Waals surface area contributed by atoms with Gasteiger partial charge in [-0.05, 0) is 86.9 Å².